The molecule has 20 heavy (non-hydrogen) atoms. The highest BCUT2D eigenvalue weighted by molar-refractivity contribution is 7.71. The van der Waals surface area contributed by atoms with E-state index in [-0.39, 0.29) is 0 Å². The topological polar surface area (TPSA) is 20.7 Å². The van der Waals surface area contributed by atoms with Gasteiger partial charge in [0, 0.05) is 6.04 Å². The SMILES string of the molecule is CC1(C)CCCC(n2c(=S)[nH]c3cc(Cl)c(Cl)cc32)C1. The molecule has 108 valence electrons. The molecule has 0 spiro atoms. The first-order valence-corrected chi connectivity index (χ1v) is 8.13. The molecule has 1 aromatic carbocycles. The van der Waals surface area contributed by atoms with Crippen LogP contribution in [0.25, 0.3) is 11.0 Å². The molecular formula is C15H18Cl2N2S. The van der Waals surface area contributed by atoms with E-state index in [0.717, 1.165) is 22.2 Å². The number of benzene rings is 1. The van der Waals surface area contributed by atoms with Crippen LogP contribution in [-0.2, 0) is 0 Å². The Hall–Kier alpha value is -0.510. The van der Waals surface area contributed by atoms with Crippen molar-refractivity contribution in [3.05, 3.63) is 26.9 Å². The molecule has 0 bridgehead atoms. The Morgan fingerprint density at radius 2 is 2.00 bits per heavy atom. The molecule has 5 heteroatoms. The van der Waals surface area contributed by atoms with Crippen molar-refractivity contribution in [2.75, 3.05) is 0 Å². The van der Waals surface area contributed by atoms with Crippen molar-refractivity contribution in [2.45, 2.75) is 45.6 Å². The van der Waals surface area contributed by atoms with Gasteiger partial charge in [0.05, 0.1) is 21.1 Å². The average molecular weight is 329 g/mol. The molecule has 0 amide bonds. The Morgan fingerprint density at radius 3 is 2.70 bits per heavy atom. The molecule has 1 N–H and O–H groups in total. The lowest BCUT2D eigenvalue weighted by atomic mass is 9.75. The van der Waals surface area contributed by atoms with Crippen LogP contribution in [-0.4, -0.2) is 9.55 Å². The van der Waals surface area contributed by atoms with E-state index in [1.165, 1.54) is 19.3 Å². The predicted molar refractivity (Wildman–Crippen MR) is 88.4 cm³/mol. The minimum absolute atomic E-state index is 0.373. The number of fused-ring (bicyclic) bond motifs is 1. The maximum atomic E-state index is 6.17. The molecular weight excluding hydrogens is 311 g/mol. The molecule has 1 saturated carbocycles. The van der Waals surface area contributed by atoms with Crippen molar-refractivity contribution in [3.8, 4) is 0 Å². The van der Waals surface area contributed by atoms with E-state index in [2.05, 4.69) is 23.4 Å². The summed E-state index contributed by atoms with van der Waals surface area (Å²) >= 11 is 17.8. The van der Waals surface area contributed by atoms with Crippen LogP contribution in [0.1, 0.15) is 45.6 Å². The lowest BCUT2D eigenvalue weighted by Crippen LogP contribution is -2.25. The largest absolute Gasteiger partial charge is 0.331 e. The molecule has 1 heterocycles. The van der Waals surface area contributed by atoms with Gasteiger partial charge in [0.15, 0.2) is 4.77 Å². The summed E-state index contributed by atoms with van der Waals surface area (Å²) < 4.78 is 2.99. The first-order chi connectivity index (χ1) is 9.37. The smallest absolute Gasteiger partial charge is 0.178 e. The number of aromatic amines is 1. The Morgan fingerprint density at radius 1 is 1.30 bits per heavy atom. The molecule has 1 atom stereocenters. The zero-order valence-electron chi connectivity index (χ0n) is 11.7. The van der Waals surface area contributed by atoms with Gasteiger partial charge in [-0.1, -0.05) is 43.5 Å². The number of rotatable bonds is 1. The number of hydrogen-bond donors (Lipinski definition) is 1. The Labute approximate surface area is 134 Å². The minimum atomic E-state index is 0.373. The molecule has 0 saturated heterocycles. The molecule has 1 aromatic heterocycles. The number of hydrogen-bond acceptors (Lipinski definition) is 1. The molecule has 1 unspecified atom stereocenters. The number of imidazole rings is 1. The third-order valence-corrected chi connectivity index (χ3v) is 5.32. The van der Waals surface area contributed by atoms with Gasteiger partial charge in [-0.15, -0.1) is 0 Å². The van der Waals surface area contributed by atoms with Gasteiger partial charge in [0.2, 0.25) is 0 Å². The van der Waals surface area contributed by atoms with Crippen LogP contribution in [0, 0.1) is 10.2 Å². The lowest BCUT2D eigenvalue weighted by Gasteiger charge is -2.36. The fourth-order valence-electron chi connectivity index (χ4n) is 3.36. The Kier molecular flexibility index (Phi) is 3.64. The number of aromatic nitrogens is 2. The molecule has 2 aromatic rings. The maximum Gasteiger partial charge on any atom is 0.178 e. The third-order valence-electron chi connectivity index (χ3n) is 4.30. The fraction of sp³-hybridized carbons (Fsp3) is 0.533. The summed E-state index contributed by atoms with van der Waals surface area (Å²) in [5.74, 6) is 0. The van der Waals surface area contributed by atoms with E-state index < -0.39 is 0 Å². The highest BCUT2D eigenvalue weighted by atomic mass is 35.5. The van der Waals surface area contributed by atoms with Crippen LogP contribution in [0.2, 0.25) is 10.0 Å². The average Bonchev–Trinajstić information content (AvgIpc) is 2.64. The van der Waals surface area contributed by atoms with E-state index in [1.54, 1.807) is 0 Å². The zero-order valence-corrected chi connectivity index (χ0v) is 14.0. The number of nitrogens with zero attached hydrogens (tertiary/aromatic N) is 1. The second-order valence-electron chi connectivity index (χ2n) is 6.50. The second kappa shape index (κ2) is 5.04. The van der Waals surface area contributed by atoms with E-state index in [1.807, 2.05) is 12.1 Å². The molecule has 2 nitrogen and oxygen atoms in total. The van der Waals surface area contributed by atoms with Gasteiger partial charge in [-0.2, -0.15) is 0 Å². The summed E-state index contributed by atoms with van der Waals surface area (Å²) in [4.78, 5) is 3.25. The van der Waals surface area contributed by atoms with Crippen LogP contribution in [0.3, 0.4) is 0 Å². The molecule has 3 rings (SSSR count). The number of H-pyrrole nitrogens is 1. The van der Waals surface area contributed by atoms with Gasteiger partial charge in [0.25, 0.3) is 0 Å². The minimum Gasteiger partial charge on any atom is -0.331 e. The standard InChI is InChI=1S/C15H18Cl2N2S/c1-15(2)5-3-4-9(8-15)19-13-7-11(17)10(16)6-12(13)18-14(19)20/h6-7,9H,3-5,8H2,1-2H3,(H,18,20). The van der Waals surface area contributed by atoms with Crippen LogP contribution in [0.4, 0.5) is 0 Å². The molecule has 0 aliphatic heterocycles. The summed E-state index contributed by atoms with van der Waals surface area (Å²) in [5.41, 5.74) is 2.40. The predicted octanol–water partition coefficient (Wildman–Crippen LogP) is 6.15. The fourth-order valence-corrected chi connectivity index (χ4v) is 4.04. The van der Waals surface area contributed by atoms with E-state index in [9.17, 15) is 0 Å². The third kappa shape index (κ3) is 2.51. The normalized spacial score (nSPS) is 22.3. The monoisotopic (exact) mass is 328 g/mol. The van der Waals surface area contributed by atoms with Gasteiger partial charge in [0.1, 0.15) is 0 Å². The van der Waals surface area contributed by atoms with Crippen molar-refractivity contribution in [3.63, 3.8) is 0 Å². The van der Waals surface area contributed by atoms with Crippen LogP contribution in [0.15, 0.2) is 12.1 Å². The first kappa shape index (κ1) is 14.4. The van der Waals surface area contributed by atoms with Crippen LogP contribution < -0.4 is 0 Å². The van der Waals surface area contributed by atoms with Crippen molar-refractivity contribution >= 4 is 46.5 Å². The zero-order chi connectivity index (χ0) is 14.5. The summed E-state index contributed by atoms with van der Waals surface area (Å²) in [5, 5.41) is 1.14. The lowest BCUT2D eigenvalue weighted by molar-refractivity contribution is 0.185. The van der Waals surface area contributed by atoms with Crippen molar-refractivity contribution in [1.29, 1.82) is 0 Å². The molecule has 1 fully saturated rings. The highest BCUT2D eigenvalue weighted by Gasteiger charge is 2.30. The Balaban J connectivity index is 2.13. The number of halogens is 2. The van der Waals surface area contributed by atoms with E-state index in [0.29, 0.717) is 21.5 Å². The van der Waals surface area contributed by atoms with Gasteiger partial charge in [-0.3, -0.25) is 0 Å². The van der Waals surface area contributed by atoms with E-state index >= 15 is 0 Å². The van der Waals surface area contributed by atoms with Gasteiger partial charge >= 0.3 is 0 Å². The van der Waals surface area contributed by atoms with Gasteiger partial charge in [-0.25, -0.2) is 0 Å². The highest BCUT2D eigenvalue weighted by Crippen LogP contribution is 2.42. The molecule has 1 aliphatic carbocycles. The van der Waals surface area contributed by atoms with Gasteiger partial charge < -0.3 is 9.55 Å². The van der Waals surface area contributed by atoms with Crippen LogP contribution >= 0.6 is 35.4 Å². The molecule has 1 aliphatic rings. The summed E-state index contributed by atoms with van der Waals surface area (Å²) in [6, 6.07) is 4.23. The van der Waals surface area contributed by atoms with E-state index in [4.69, 9.17) is 35.4 Å². The number of nitrogens with one attached hydrogen (secondary N) is 1. The van der Waals surface area contributed by atoms with Crippen LogP contribution in [0.5, 0.6) is 0 Å². The summed E-state index contributed by atoms with van der Waals surface area (Å²) in [6.45, 7) is 4.67. The maximum absolute atomic E-state index is 6.17. The van der Waals surface area contributed by atoms with Crippen molar-refractivity contribution < 1.29 is 0 Å². The second-order valence-corrected chi connectivity index (χ2v) is 7.70. The summed E-state index contributed by atoms with van der Waals surface area (Å²) in [6.07, 6.45) is 4.85. The van der Waals surface area contributed by atoms with Gasteiger partial charge in [-0.05, 0) is 49.0 Å². The quantitative estimate of drug-likeness (QED) is 0.623. The molecule has 0 radical (unpaired) electrons. The van der Waals surface area contributed by atoms with Crippen molar-refractivity contribution in [1.82, 2.24) is 9.55 Å². The Bertz CT molecular complexity index is 714. The summed E-state index contributed by atoms with van der Waals surface area (Å²) in [7, 11) is 0. The van der Waals surface area contributed by atoms with Crippen molar-refractivity contribution in [2.24, 2.45) is 5.41 Å². The first-order valence-electron chi connectivity index (χ1n) is 6.97.